The molecule has 31 heavy (non-hydrogen) atoms. The molecule has 3 rings (SSSR count). The highest BCUT2D eigenvalue weighted by Crippen LogP contribution is 2.41. The highest BCUT2D eigenvalue weighted by molar-refractivity contribution is 8.14. The largest absolute Gasteiger partial charge is 0.497 e. The molecule has 8 nitrogen and oxygen atoms in total. The number of amidine groups is 1. The van der Waals surface area contributed by atoms with E-state index in [9.17, 15) is 9.90 Å². The Morgan fingerprint density at radius 3 is 2.55 bits per heavy atom. The van der Waals surface area contributed by atoms with Gasteiger partial charge in [0.05, 0.1) is 32.5 Å². The van der Waals surface area contributed by atoms with E-state index in [1.165, 1.54) is 16.7 Å². The van der Waals surface area contributed by atoms with Crippen LogP contribution in [0.4, 0.5) is 4.79 Å². The van der Waals surface area contributed by atoms with Gasteiger partial charge in [-0.15, -0.1) is 0 Å². The first-order valence-corrected chi connectivity index (χ1v) is 11.2. The van der Waals surface area contributed by atoms with Crippen LogP contribution in [0.2, 0.25) is 0 Å². The fraction of sp³-hybridized carbons (Fsp3) is 0.636. The summed E-state index contributed by atoms with van der Waals surface area (Å²) in [4.78, 5) is 18.6. The SMILES string of the molecule is COc1ccc(CO[C@H]2[C@H](C)[C@@H](CO)O[C@@H]3SC(N(C)C(=O)OC(C)(C)C)=N[C@H]23)cc1. The van der Waals surface area contributed by atoms with Gasteiger partial charge in [-0.3, -0.25) is 9.89 Å². The zero-order chi connectivity index (χ0) is 22.8. The van der Waals surface area contributed by atoms with Gasteiger partial charge in [0.2, 0.25) is 0 Å². The molecule has 0 aromatic heterocycles. The van der Waals surface area contributed by atoms with Crippen molar-refractivity contribution in [2.24, 2.45) is 10.9 Å². The van der Waals surface area contributed by atoms with Gasteiger partial charge in [-0.25, -0.2) is 4.79 Å². The van der Waals surface area contributed by atoms with Gasteiger partial charge in [0.15, 0.2) is 5.17 Å². The maximum atomic E-state index is 12.5. The van der Waals surface area contributed by atoms with Crippen molar-refractivity contribution >= 4 is 23.0 Å². The number of benzene rings is 1. The average Bonchev–Trinajstić information content (AvgIpc) is 3.15. The fourth-order valence-electron chi connectivity index (χ4n) is 3.50. The van der Waals surface area contributed by atoms with Crippen LogP contribution in [-0.2, 0) is 20.8 Å². The summed E-state index contributed by atoms with van der Waals surface area (Å²) < 4.78 is 23.0. The number of aliphatic hydroxyl groups is 1. The number of carbonyl (C=O) groups is 1. The molecule has 0 bridgehead atoms. The van der Waals surface area contributed by atoms with Crippen molar-refractivity contribution in [3.8, 4) is 5.75 Å². The highest BCUT2D eigenvalue weighted by Gasteiger charge is 2.49. The second-order valence-electron chi connectivity index (χ2n) is 8.77. The fourth-order valence-corrected chi connectivity index (χ4v) is 4.67. The molecule has 1 aromatic carbocycles. The third-order valence-electron chi connectivity index (χ3n) is 5.25. The number of hydrogen-bond donors (Lipinski definition) is 1. The second kappa shape index (κ2) is 9.77. The lowest BCUT2D eigenvalue weighted by Crippen LogP contribution is -2.52. The number of aliphatic imine (C=N–C) groups is 1. The van der Waals surface area contributed by atoms with Gasteiger partial charge in [0.25, 0.3) is 0 Å². The lowest BCUT2D eigenvalue weighted by atomic mass is 9.90. The zero-order valence-electron chi connectivity index (χ0n) is 18.9. The molecule has 1 fully saturated rings. The average molecular weight is 453 g/mol. The molecule has 1 aromatic rings. The maximum absolute atomic E-state index is 12.5. The molecule has 172 valence electrons. The van der Waals surface area contributed by atoms with E-state index in [0.717, 1.165) is 11.3 Å². The van der Waals surface area contributed by atoms with E-state index in [4.69, 9.17) is 23.9 Å². The summed E-state index contributed by atoms with van der Waals surface area (Å²) in [6, 6.07) is 7.41. The van der Waals surface area contributed by atoms with Crippen molar-refractivity contribution in [1.82, 2.24) is 4.90 Å². The number of rotatable bonds is 5. The van der Waals surface area contributed by atoms with Crippen LogP contribution in [0.25, 0.3) is 0 Å². The molecule has 0 radical (unpaired) electrons. The van der Waals surface area contributed by atoms with Crippen molar-refractivity contribution in [1.29, 1.82) is 0 Å². The molecule has 9 heteroatoms. The molecule has 1 N–H and O–H groups in total. The Hall–Kier alpha value is -1.81. The minimum absolute atomic E-state index is 0.0694. The summed E-state index contributed by atoms with van der Waals surface area (Å²) in [6.45, 7) is 7.75. The number of carbonyl (C=O) groups excluding carboxylic acids is 1. The first kappa shape index (κ1) is 23.8. The molecule has 2 aliphatic heterocycles. The van der Waals surface area contributed by atoms with Gasteiger partial charge in [-0.05, 0) is 38.5 Å². The number of aliphatic hydroxyl groups excluding tert-OH is 1. The molecular weight excluding hydrogens is 420 g/mol. The highest BCUT2D eigenvalue weighted by atomic mass is 32.2. The van der Waals surface area contributed by atoms with Crippen molar-refractivity contribution in [2.45, 2.75) is 63.6 Å². The van der Waals surface area contributed by atoms with Crippen LogP contribution in [0.3, 0.4) is 0 Å². The van der Waals surface area contributed by atoms with Gasteiger partial charge < -0.3 is 24.1 Å². The minimum atomic E-state index is -0.598. The zero-order valence-corrected chi connectivity index (χ0v) is 19.7. The van der Waals surface area contributed by atoms with E-state index in [0.29, 0.717) is 11.8 Å². The van der Waals surface area contributed by atoms with E-state index in [2.05, 4.69) is 0 Å². The standard InChI is InChI=1S/C22H32N2O6S/c1-13-16(11-25)29-19-17(18(13)28-12-14-7-9-15(27-6)10-8-14)23-20(31-19)24(5)21(26)30-22(2,3)4/h7-10,13,16-19,25H,11-12H2,1-6H3/t13-,16-,17-,18+,19-/m1/s1. The number of thioether (sulfide) groups is 1. The van der Waals surface area contributed by atoms with E-state index in [1.54, 1.807) is 14.2 Å². The van der Waals surface area contributed by atoms with E-state index >= 15 is 0 Å². The lowest BCUT2D eigenvalue weighted by molar-refractivity contribution is -0.148. The van der Waals surface area contributed by atoms with Crippen molar-refractivity contribution in [2.75, 3.05) is 20.8 Å². The topological polar surface area (TPSA) is 89.8 Å². The maximum Gasteiger partial charge on any atom is 0.416 e. The molecule has 0 spiro atoms. The second-order valence-corrected chi connectivity index (χ2v) is 9.83. The van der Waals surface area contributed by atoms with Gasteiger partial charge in [-0.2, -0.15) is 0 Å². The van der Waals surface area contributed by atoms with Crippen LogP contribution in [0.5, 0.6) is 5.75 Å². The summed E-state index contributed by atoms with van der Waals surface area (Å²) in [5.41, 5.74) is 0.0743. The van der Waals surface area contributed by atoms with Gasteiger partial charge in [0.1, 0.15) is 22.8 Å². The summed E-state index contributed by atoms with van der Waals surface area (Å²) in [7, 11) is 3.27. The first-order valence-electron chi connectivity index (χ1n) is 10.3. The smallest absolute Gasteiger partial charge is 0.416 e. The van der Waals surface area contributed by atoms with E-state index in [-0.39, 0.29) is 36.2 Å². The number of methoxy groups -OCH3 is 1. The molecule has 0 saturated carbocycles. The Kier molecular flexibility index (Phi) is 7.51. The van der Waals surface area contributed by atoms with Gasteiger partial charge in [0, 0.05) is 13.0 Å². The first-order chi connectivity index (χ1) is 14.6. The Morgan fingerprint density at radius 2 is 1.97 bits per heavy atom. The molecule has 2 heterocycles. The van der Waals surface area contributed by atoms with Crippen molar-refractivity contribution in [3.63, 3.8) is 0 Å². The summed E-state index contributed by atoms with van der Waals surface area (Å²) in [6.07, 6.45) is -1.11. The van der Waals surface area contributed by atoms with E-state index in [1.807, 2.05) is 52.0 Å². The van der Waals surface area contributed by atoms with Gasteiger partial charge in [-0.1, -0.05) is 30.8 Å². The predicted octanol–water partition coefficient (Wildman–Crippen LogP) is 3.27. The summed E-state index contributed by atoms with van der Waals surface area (Å²) >= 11 is 1.35. The van der Waals surface area contributed by atoms with Crippen LogP contribution >= 0.6 is 11.8 Å². The third kappa shape index (κ3) is 5.71. The summed E-state index contributed by atoms with van der Waals surface area (Å²) in [5.74, 6) is 0.718. The molecule has 5 atom stereocenters. The van der Waals surface area contributed by atoms with Crippen molar-refractivity contribution in [3.05, 3.63) is 29.8 Å². The van der Waals surface area contributed by atoms with Crippen LogP contribution < -0.4 is 4.74 Å². The minimum Gasteiger partial charge on any atom is -0.497 e. The summed E-state index contributed by atoms with van der Waals surface area (Å²) in [5, 5.41) is 10.3. The third-order valence-corrected chi connectivity index (χ3v) is 6.46. The van der Waals surface area contributed by atoms with Crippen LogP contribution in [0.1, 0.15) is 33.3 Å². The number of hydrogen-bond acceptors (Lipinski definition) is 8. The van der Waals surface area contributed by atoms with Crippen molar-refractivity contribution < 1.29 is 28.8 Å². The molecule has 0 aliphatic carbocycles. The molecule has 2 aliphatic rings. The molecular formula is C22H32N2O6S. The molecule has 1 amide bonds. The molecule has 0 unspecified atom stereocenters. The number of ether oxygens (including phenoxy) is 4. The van der Waals surface area contributed by atoms with Gasteiger partial charge >= 0.3 is 6.09 Å². The Morgan fingerprint density at radius 1 is 1.29 bits per heavy atom. The lowest BCUT2D eigenvalue weighted by Gasteiger charge is -2.41. The van der Waals surface area contributed by atoms with Crippen LogP contribution in [0.15, 0.2) is 29.3 Å². The Balaban J connectivity index is 1.74. The predicted molar refractivity (Wildman–Crippen MR) is 119 cm³/mol. The number of nitrogens with zero attached hydrogens (tertiary/aromatic N) is 2. The molecule has 1 saturated heterocycles. The van der Waals surface area contributed by atoms with E-state index < -0.39 is 11.7 Å². The number of fused-ring (bicyclic) bond motifs is 1. The Labute approximate surface area is 187 Å². The normalized spacial score (nSPS) is 28.0. The Bertz CT molecular complexity index is 794. The van der Waals surface area contributed by atoms with Crippen LogP contribution in [-0.4, -0.2) is 71.3 Å². The quantitative estimate of drug-likeness (QED) is 0.733. The van der Waals surface area contributed by atoms with Crippen LogP contribution in [0, 0.1) is 5.92 Å². The number of amides is 1. The monoisotopic (exact) mass is 452 g/mol.